The second-order valence-corrected chi connectivity index (χ2v) is 4.98. The van der Waals surface area contributed by atoms with Gasteiger partial charge in [-0.1, -0.05) is 32.9 Å². The zero-order chi connectivity index (χ0) is 11.6. The van der Waals surface area contributed by atoms with Crippen LogP contribution in [0.1, 0.15) is 37.3 Å². The van der Waals surface area contributed by atoms with Crippen molar-refractivity contribution < 1.29 is 4.39 Å². The molecule has 0 spiro atoms. The van der Waals surface area contributed by atoms with Crippen molar-refractivity contribution in [2.24, 2.45) is 11.8 Å². The summed E-state index contributed by atoms with van der Waals surface area (Å²) in [7, 11) is 0. The van der Waals surface area contributed by atoms with Crippen molar-refractivity contribution in [3.05, 3.63) is 35.1 Å². The molecule has 84 valence electrons. The molecule has 0 saturated carbocycles. The fourth-order valence-corrected chi connectivity index (χ4v) is 1.91. The Labute approximate surface area is 96.5 Å². The van der Waals surface area contributed by atoms with Gasteiger partial charge < -0.3 is 0 Å². The molecular formula is C13H18ClF. The highest BCUT2D eigenvalue weighted by Crippen LogP contribution is 2.33. The van der Waals surface area contributed by atoms with Crippen molar-refractivity contribution in [2.45, 2.75) is 33.1 Å². The van der Waals surface area contributed by atoms with Crippen LogP contribution in [-0.4, -0.2) is 0 Å². The lowest BCUT2D eigenvalue weighted by Crippen LogP contribution is -2.11. The van der Waals surface area contributed by atoms with E-state index in [2.05, 4.69) is 20.8 Å². The van der Waals surface area contributed by atoms with E-state index in [0.29, 0.717) is 17.4 Å². The number of aryl methyl sites for hydroxylation is 1. The first kappa shape index (κ1) is 12.5. The zero-order valence-corrected chi connectivity index (χ0v) is 10.5. The van der Waals surface area contributed by atoms with Crippen LogP contribution in [-0.2, 0) is 0 Å². The summed E-state index contributed by atoms with van der Waals surface area (Å²) in [6.45, 7) is 8.19. The van der Waals surface area contributed by atoms with Gasteiger partial charge in [-0.25, -0.2) is 4.39 Å². The van der Waals surface area contributed by atoms with Crippen LogP contribution in [0.15, 0.2) is 18.2 Å². The summed E-state index contributed by atoms with van der Waals surface area (Å²) in [4.78, 5) is 0. The van der Waals surface area contributed by atoms with Gasteiger partial charge >= 0.3 is 0 Å². The predicted octanol–water partition coefficient (Wildman–Crippen LogP) is 4.71. The lowest BCUT2D eigenvalue weighted by Gasteiger charge is -2.22. The minimum atomic E-state index is -0.167. The van der Waals surface area contributed by atoms with Gasteiger partial charge in [0.2, 0.25) is 0 Å². The fourth-order valence-electron chi connectivity index (χ4n) is 1.48. The van der Waals surface area contributed by atoms with Crippen molar-refractivity contribution in [1.82, 2.24) is 0 Å². The van der Waals surface area contributed by atoms with Gasteiger partial charge in [0.15, 0.2) is 0 Å². The molecule has 0 heterocycles. The molecule has 2 unspecified atom stereocenters. The summed E-state index contributed by atoms with van der Waals surface area (Å²) in [5.74, 6) is 0.745. The highest BCUT2D eigenvalue weighted by atomic mass is 35.5. The summed E-state index contributed by atoms with van der Waals surface area (Å²) < 4.78 is 13.1. The molecule has 1 aromatic carbocycles. The summed E-state index contributed by atoms with van der Waals surface area (Å²) in [6.07, 6.45) is 0. The molecule has 0 amide bonds. The van der Waals surface area contributed by atoms with Gasteiger partial charge in [-0.05, 0) is 36.0 Å². The van der Waals surface area contributed by atoms with E-state index in [0.717, 1.165) is 5.56 Å². The van der Waals surface area contributed by atoms with Crippen LogP contribution in [0.25, 0.3) is 0 Å². The number of benzene rings is 1. The monoisotopic (exact) mass is 228 g/mol. The SMILES string of the molecule is Cc1cc(C(Cl)C(C)C(C)C)ccc1F. The molecule has 0 aromatic heterocycles. The largest absolute Gasteiger partial charge is 0.207 e. The predicted molar refractivity (Wildman–Crippen MR) is 63.7 cm³/mol. The van der Waals surface area contributed by atoms with Gasteiger partial charge in [-0.3, -0.25) is 0 Å². The molecule has 0 bridgehead atoms. The van der Waals surface area contributed by atoms with E-state index in [-0.39, 0.29) is 11.2 Å². The van der Waals surface area contributed by atoms with E-state index in [1.165, 1.54) is 6.07 Å². The van der Waals surface area contributed by atoms with Crippen LogP contribution >= 0.6 is 11.6 Å². The molecule has 0 aliphatic rings. The van der Waals surface area contributed by atoms with Gasteiger partial charge in [-0.15, -0.1) is 11.6 Å². The van der Waals surface area contributed by atoms with Crippen molar-refractivity contribution in [2.75, 3.05) is 0 Å². The highest BCUT2D eigenvalue weighted by Gasteiger charge is 2.19. The van der Waals surface area contributed by atoms with Gasteiger partial charge in [0.05, 0.1) is 5.38 Å². The van der Waals surface area contributed by atoms with E-state index in [4.69, 9.17) is 11.6 Å². The average Bonchev–Trinajstić information content (AvgIpc) is 2.19. The third-order valence-corrected chi connectivity index (χ3v) is 3.66. The molecule has 0 fully saturated rings. The van der Waals surface area contributed by atoms with Crippen LogP contribution in [0.4, 0.5) is 4.39 Å². The molecule has 0 aliphatic carbocycles. The van der Waals surface area contributed by atoms with Crippen LogP contribution in [0.2, 0.25) is 0 Å². The topological polar surface area (TPSA) is 0 Å². The Kier molecular flexibility index (Phi) is 4.15. The molecule has 1 rings (SSSR count). The molecule has 0 N–H and O–H groups in total. The van der Waals surface area contributed by atoms with Crippen LogP contribution in [0.3, 0.4) is 0 Å². The second-order valence-electron chi connectivity index (χ2n) is 4.51. The van der Waals surface area contributed by atoms with Crippen molar-refractivity contribution in [3.63, 3.8) is 0 Å². The Morgan fingerprint density at radius 3 is 2.27 bits per heavy atom. The van der Waals surface area contributed by atoms with Gasteiger partial charge in [0.25, 0.3) is 0 Å². The van der Waals surface area contributed by atoms with Crippen molar-refractivity contribution in [1.29, 1.82) is 0 Å². The molecule has 1 aromatic rings. The Morgan fingerprint density at radius 1 is 1.20 bits per heavy atom. The van der Waals surface area contributed by atoms with E-state index in [1.807, 2.05) is 6.07 Å². The maximum absolute atomic E-state index is 13.1. The van der Waals surface area contributed by atoms with E-state index < -0.39 is 0 Å². The van der Waals surface area contributed by atoms with E-state index >= 15 is 0 Å². The van der Waals surface area contributed by atoms with Crippen molar-refractivity contribution >= 4 is 11.6 Å². The molecule has 0 saturated heterocycles. The standard InChI is InChI=1S/C13H18ClF/c1-8(2)10(4)13(14)11-5-6-12(15)9(3)7-11/h5-8,10,13H,1-4H3. The molecule has 15 heavy (non-hydrogen) atoms. The van der Waals surface area contributed by atoms with Crippen LogP contribution in [0, 0.1) is 24.6 Å². The summed E-state index contributed by atoms with van der Waals surface area (Å²) in [6, 6.07) is 5.11. The first-order valence-corrected chi connectivity index (χ1v) is 5.77. The molecule has 0 nitrogen and oxygen atoms in total. The molecule has 0 radical (unpaired) electrons. The number of halogens is 2. The summed E-state index contributed by atoms with van der Waals surface area (Å²) in [5, 5.41) is -0.0377. The number of alkyl halides is 1. The number of hydrogen-bond donors (Lipinski definition) is 0. The Bertz CT molecular complexity index is 333. The quantitative estimate of drug-likeness (QED) is 0.658. The van der Waals surface area contributed by atoms with E-state index in [1.54, 1.807) is 13.0 Å². The first-order valence-electron chi connectivity index (χ1n) is 5.33. The summed E-state index contributed by atoms with van der Waals surface area (Å²) in [5.41, 5.74) is 1.67. The second kappa shape index (κ2) is 4.98. The zero-order valence-electron chi connectivity index (χ0n) is 9.72. The van der Waals surface area contributed by atoms with Crippen molar-refractivity contribution in [3.8, 4) is 0 Å². The normalized spacial score (nSPS) is 15.4. The molecule has 2 atom stereocenters. The third-order valence-electron chi connectivity index (χ3n) is 3.01. The highest BCUT2D eigenvalue weighted by molar-refractivity contribution is 6.21. The van der Waals surface area contributed by atoms with Crippen LogP contribution in [0.5, 0.6) is 0 Å². The minimum absolute atomic E-state index is 0.0377. The Hall–Kier alpha value is -0.560. The van der Waals surface area contributed by atoms with Gasteiger partial charge in [0.1, 0.15) is 5.82 Å². The van der Waals surface area contributed by atoms with Gasteiger partial charge in [0, 0.05) is 0 Å². The lowest BCUT2D eigenvalue weighted by molar-refractivity contribution is 0.406. The maximum Gasteiger partial charge on any atom is 0.126 e. The first-order chi connectivity index (χ1) is 6.93. The Balaban J connectivity index is 2.91. The Morgan fingerprint density at radius 2 is 1.80 bits per heavy atom. The van der Waals surface area contributed by atoms with Crippen LogP contribution < -0.4 is 0 Å². The third kappa shape index (κ3) is 2.94. The lowest BCUT2D eigenvalue weighted by atomic mass is 9.90. The van der Waals surface area contributed by atoms with Gasteiger partial charge in [-0.2, -0.15) is 0 Å². The smallest absolute Gasteiger partial charge is 0.126 e. The average molecular weight is 229 g/mol. The molecule has 0 aliphatic heterocycles. The molecule has 2 heteroatoms. The van der Waals surface area contributed by atoms with E-state index in [9.17, 15) is 4.39 Å². The minimum Gasteiger partial charge on any atom is -0.207 e. The number of hydrogen-bond acceptors (Lipinski definition) is 0. The number of rotatable bonds is 3. The fraction of sp³-hybridized carbons (Fsp3) is 0.538. The summed E-state index contributed by atoms with van der Waals surface area (Å²) >= 11 is 6.35. The molecular weight excluding hydrogens is 211 g/mol. The maximum atomic E-state index is 13.1.